The lowest BCUT2D eigenvalue weighted by molar-refractivity contribution is -0.132. The number of nitrogens with one attached hydrogen (secondary N) is 2. The van der Waals surface area contributed by atoms with Gasteiger partial charge >= 0.3 is 0 Å². The number of fused-ring (bicyclic) bond motifs is 1. The van der Waals surface area contributed by atoms with E-state index in [4.69, 9.17) is 0 Å². The Morgan fingerprint density at radius 2 is 2.18 bits per heavy atom. The molecule has 2 heterocycles. The fourth-order valence-corrected chi connectivity index (χ4v) is 3.95. The van der Waals surface area contributed by atoms with E-state index >= 15 is 0 Å². The van der Waals surface area contributed by atoms with Gasteiger partial charge in [0.05, 0.1) is 4.90 Å². The third-order valence-corrected chi connectivity index (χ3v) is 5.25. The minimum atomic E-state index is -3.55. The van der Waals surface area contributed by atoms with Crippen molar-refractivity contribution in [3.05, 3.63) is 29.8 Å². The summed E-state index contributed by atoms with van der Waals surface area (Å²) in [4.78, 5) is 18.4. The van der Waals surface area contributed by atoms with Crippen LogP contribution in [0.4, 0.5) is 0 Å². The van der Waals surface area contributed by atoms with Gasteiger partial charge in [-0.25, -0.2) is 8.42 Å². The van der Waals surface area contributed by atoms with Gasteiger partial charge in [0.15, 0.2) is 0 Å². The van der Waals surface area contributed by atoms with Crippen LogP contribution in [0.3, 0.4) is 0 Å². The first kappa shape index (κ1) is 15.0. The van der Waals surface area contributed by atoms with Crippen molar-refractivity contribution in [2.75, 3.05) is 26.2 Å². The highest BCUT2D eigenvalue weighted by Crippen LogP contribution is 2.22. The first-order chi connectivity index (χ1) is 10.5. The molecule has 0 aliphatic carbocycles. The smallest absolute Gasteiger partial charge is 0.263 e. The Morgan fingerprint density at radius 3 is 2.95 bits per heavy atom. The van der Waals surface area contributed by atoms with E-state index in [-0.39, 0.29) is 29.2 Å². The Balaban J connectivity index is 1.78. The fraction of sp³-hybridized carbons (Fsp3) is 0.429. The zero-order valence-electron chi connectivity index (χ0n) is 12.2. The van der Waals surface area contributed by atoms with Crippen LogP contribution in [0.25, 0.3) is 0 Å². The number of nitrogens with zero attached hydrogens (tertiary/aromatic N) is 2. The SMILES string of the molecule is CC1CNCCN1C(=O)CN=C1NS(=O)(=O)c2ccccc21. The molecule has 1 saturated heterocycles. The normalized spacial score (nSPS) is 24.9. The Labute approximate surface area is 129 Å². The van der Waals surface area contributed by atoms with Crippen LogP contribution in [0.1, 0.15) is 12.5 Å². The molecule has 8 heteroatoms. The Bertz CT molecular complexity index is 729. The number of aliphatic imine (C=N–C) groups is 1. The van der Waals surface area contributed by atoms with Crippen LogP contribution in [-0.2, 0) is 14.8 Å². The van der Waals surface area contributed by atoms with Gasteiger partial charge in [0, 0.05) is 31.2 Å². The Hall–Kier alpha value is -1.93. The molecule has 22 heavy (non-hydrogen) atoms. The van der Waals surface area contributed by atoms with E-state index in [1.54, 1.807) is 23.1 Å². The molecule has 1 amide bonds. The molecule has 0 aromatic heterocycles. The average Bonchev–Trinajstić information content (AvgIpc) is 2.77. The van der Waals surface area contributed by atoms with E-state index in [2.05, 4.69) is 15.0 Å². The molecular weight excluding hydrogens is 304 g/mol. The minimum absolute atomic E-state index is 0.0590. The van der Waals surface area contributed by atoms with E-state index in [1.165, 1.54) is 6.07 Å². The number of sulfonamides is 1. The van der Waals surface area contributed by atoms with Gasteiger partial charge in [-0.1, -0.05) is 12.1 Å². The molecule has 3 rings (SSSR count). The molecule has 2 N–H and O–H groups in total. The maximum absolute atomic E-state index is 12.3. The van der Waals surface area contributed by atoms with Crippen LogP contribution in [0, 0.1) is 0 Å². The molecule has 1 fully saturated rings. The van der Waals surface area contributed by atoms with E-state index in [9.17, 15) is 13.2 Å². The molecule has 1 aromatic rings. The summed E-state index contributed by atoms with van der Waals surface area (Å²) in [5.74, 6) is 0.150. The molecule has 0 spiro atoms. The third-order valence-electron chi connectivity index (χ3n) is 3.86. The molecule has 2 aliphatic heterocycles. The number of rotatable bonds is 2. The molecular formula is C14H18N4O3S. The summed E-state index contributed by atoms with van der Waals surface area (Å²) in [7, 11) is -3.55. The molecule has 1 unspecified atom stereocenters. The van der Waals surface area contributed by atoms with Crippen LogP contribution < -0.4 is 10.0 Å². The van der Waals surface area contributed by atoms with Gasteiger partial charge in [-0.05, 0) is 19.1 Å². The number of hydrogen-bond donors (Lipinski definition) is 2. The second-order valence-corrected chi connectivity index (χ2v) is 7.06. The van der Waals surface area contributed by atoms with E-state index in [0.717, 1.165) is 13.1 Å². The summed E-state index contributed by atoms with van der Waals surface area (Å²) in [6.45, 7) is 4.09. The van der Waals surface area contributed by atoms with Gasteiger partial charge in [-0.2, -0.15) is 0 Å². The zero-order valence-corrected chi connectivity index (χ0v) is 13.1. The molecule has 1 atom stereocenters. The van der Waals surface area contributed by atoms with Crippen molar-refractivity contribution in [1.82, 2.24) is 14.9 Å². The van der Waals surface area contributed by atoms with Crippen LogP contribution in [0.5, 0.6) is 0 Å². The van der Waals surface area contributed by atoms with Crippen LogP contribution in [-0.4, -0.2) is 57.3 Å². The van der Waals surface area contributed by atoms with Gasteiger partial charge < -0.3 is 10.2 Å². The molecule has 2 aliphatic rings. The summed E-state index contributed by atoms with van der Waals surface area (Å²) < 4.78 is 26.3. The number of amides is 1. The predicted molar refractivity (Wildman–Crippen MR) is 82.2 cm³/mol. The van der Waals surface area contributed by atoms with E-state index < -0.39 is 10.0 Å². The molecule has 7 nitrogen and oxygen atoms in total. The van der Waals surface area contributed by atoms with Crippen molar-refractivity contribution >= 4 is 21.8 Å². The van der Waals surface area contributed by atoms with Crippen LogP contribution in [0.15, 0.2) is 34.2 Å². The zero-order chi connectivity index (χ0) is 15.7. The largest absolute Gasteiger partial charge is 0.336 e. The Kier molecular flexibility index (Phi) is 3.88. The third kappa shape index (κ3) is 2.71. The summed E-state index contributed by atoms with van der Waals surface area (Å²) in [5.41, 5.74) is 0.517. The van der Waals surface area contributed by atoms with Crippen LogP contribution in [0.2, 0.25) is 0 Å². The lowest BCUT2D eigenvalue weighted by atomic mass is 10.2. The van der Waals surface area contributed by atoms with Crippen molar-refractivity contribution in [3.63, 3.8) is 0 Å². The second-order valence-electron chi connectivity index (χ2n) is 5.41. The van der Waals surface area contributed by atoms with Crippen molar-refractivity contribution in [2.24, 2.45) is 4.99 Å². The standard InChI is InChI=1S/C14H18N4O3S/c1-10-8-15-6-7-18(10)13(19)9-16-14-11-4-2-3-5-12(11)22(20,21)17-14/h2-5,10,15H,6-9H2,1H3,(H,16,17). The van der Waals surface area contributed by atoms with Crippen LogP contribution >= 0.6 is 0 Å². The van der Waals surface area contributed by atoms with E-state index in [0.29, 0.717) is 12.1 Å². The highest BCUT2D eigenvalue weighted by molar-refractivity contribution is 7.90. The first-order valence-electron chi connectivity index (χ1n) is 7.16. The highest BCUT2D eigenvalue weighted by Gasteiger charge is 2.30. The van der Waals surface area contributed by atoms with Gasteiger partial charge in [0.1, 0.15) is 12.4 Å². The van der Waals surface area contributed by atoms with Crippen molar-refractivity contribution < 1.29 is 13.2 Å². The van der Waals surface area contributed by atoms with Crippen molar-refractivity contribution in [3.8, 4) is 0 Å². The molecule has 0 radical (unpaired) electrons. The second kappa shape index (κ2) is 5.69. The monoisotopic (exact) mass is 322 g/mol. The maximum Gasteiger partial charge on any atom is 0.263 e. The Morgan fingerprint density at radius 1 is 1.41 bits per heavy atom. The summed E-state index contributed by atoms with van der Waals surface area (Å²) in [6, 6.07) is 6.74. The first-order valence-corrected chi connectivity index (χ1v) is 8.64. The number of carbonyl (C=O) groups is 1. The van der Waals surface area contributed by atoms with Gasteiger partial charge in [-0.15, -0.1) is 0 Å². The van der Waals surface area contributed by atoms with Crippen molar-refractivity contribution in [1.29, 1.82) is 0 Å². The number of benzene rings is 1. The number of amidine groups is 1. The lowest BCUT2D eigenvalue weighted by Crippen LogP contribution is -2.53. The van der Waals surface area contributed by atoms with Gasteiger partial charge in [0.2, 0.25) is 5.91 Å². The topological polar surface area (TPSA) is 90.9 Å². The van der Waals surface area contributed by atoms with E-state index in [1.807, 2.05) is 6.92 Å². The quantitative estimate of drug-likeness (QED) is 0.771. The predicted octanol–water partition coefficient (Wildman–Crippen LogP) is -0.455. The number of hydrogen-bond acceptors (Lipinski definition) is 5. The fourth-order valence-electron chi connectivity index (χ4n) is 2.70. The number of carbonyl (C=O) groups excluding carboxylic acids is 1. The van der Waals surface area contributed by atoms with Gasteiger partial charge in [0.25, 0.3) is 10.0 Å². The average molecular weight is 322 g/mol. The maximum atomic E-state index is 12.3. The molecule has 0 bridgehead atoms. The summed E-state index contributed by atoms with van der Waals surface area (Å²) >= 11 is 0. The minimum Gasteiger partial charge on any atom is -0.336 e. The molecule has 118 valence electrons. The highest BCUT2D eigenvalue weighted by atomic mass is 32.2. The van der Waals surface area contributed by atoms with Crippen molar-refractivity contribution in [2.45, 2.75) is 17.9 Å². The molecule has 0 saturated carbocycles. The number of piperazine rings is 1. The lowest BCUT2D eigenvalue weighted by Gasteiger charge is -2.33. The van der Waals surface area contributed by atoms with Gasteiger partial charge in [-0.3, -0.25) is 14.5 Å². The molecule has 1 aromatic carbocycles. The summed E-state index contributed by atoms with van der Waals surface area (Å²) in [5, 5.41) is 3.22. The summed E-state index contributed by atoms with van der Waals surface area (Å²) in [6.07, 6.45) is 0.